The van der Waals surface area contributed by atoms with E-state index in [9.17, 15) is 19.2 Å². The summed E-state index contributed by atoms with van der Waals surface area (Å²) in [5, 5.41) is 4.36. The van der Waals surface area contributed by atoms with Crippen LogP contribution in [0.1, 0.15) is 31.2 Å². The average Bonchev–Trinajstić information content (AvgIpc) is 3.29. The Morgan fingerprint density at radius 1 is 1.00 bits per heavy atom. The summed E-state index contributed by atoms with van der Waals surface area (Å²) in [6.45, 7) is 4.71. The number of esters is 1. The second kappa shape index (κ2) is 10.2. The van der Waals surface area contributed by atoms with Gasteiger partial charge in [-0.25, -0.2) is 0 Å². The van der Waals surface area contributed by atoms with E-state index in [1.165, 1.54) is 11.3 Å². The van der Waals surface area contributed by atoms with Crippen molar-refractivity contribution in [1.29, 1.82) is 0 Å². The number of thiophene rings is 1. The molecular weight excluding hydrogens is 418 g/mol. The minimum Gasteiger partial charge on any atom is -0.454 e. The van der Waals surface area contributed by atoms with Crippen molar-refractivity contribution in [2.75, 3.05) is 39.3 Å². The molecule has 8 nitrogen and oxygen atoms in total. The number of hydrogen-bond acceptors (Lipinski definition) is 6. The lowest BCUT2D eigenvalue weighted by molar-refractivity contribution is -0.151. The van der Waals surface area contributed by atoms with Crippen molar-refractivity contribution in [3.63, 3.8) is 0 Å². The highest BCUT2D eigenvalue weighted by atomic mass is 32.1. The number of aryl methyl sites for hydroxylation is 2. The monoisotopic (exact) mass is 443 g/mol. The Bertz CT molecular complexity index is 945. The number of benzene rings is 1. The number of nitrogens with zero attached hydrogens (tertiary/aromatic N) is 2. The summed E-state index contributed by atoms with van der Waals surface area (Å²) >= 11 is 1.39. The van der Waals surface area contributed by atoms with Gasteiger partial charge in [0.15, 0.2) is 6.61 Å². The molecule has 9 heteroatoms. The number of carbonyl (C=O) groups is 4. The van der Waals surface area contributed by atoms with Gasteiger partial charge >= 0.3 is 5.97 Å². The molecule has 0 unspecified atom stereocenters. The highest BCUT2D eigenvalue weighted by molar-refractivity contribution is 7.12. The fourth-order valence-electron chi connectivity index (χ4n) is 3.36. The largest absolute Gasteiger partial charge is 0.454 e. The minimum absolute atomic E-state index is 0.0342. The number of piperazine rings is 1. The van der Waals surface area contributed by atoms with Crippen LogP contribution >= 0.6 is 11.3 Å². The predicted molar refractivity (Wildman–Crippen MR) is 116 cm³/mol. The molecule has 31 heavy (non-hydrogen) atoms. The summed E-state index contributed by atoms with van der Waals surface area (Å²) < 4.78 is 5.00. The summed E-state index contributed by atoms with van der Waals surface area (Å²) in [4.78, 5) is 52.7. The van der Waals surface area contributed by atoms with Gasteiger partial charge in [-0.3, -0.25) is 19.2 Å². The van der Waals surface area contributed by atoms with Gasteiger partial charge in [-0.05, 0) is 37.4 Å². The van der Waals surface area contributed by atoms with Crippen molar-refractivity contribution >= 4 is 35.0 Å². The smallest absolute Gasteiger partial charge is 0.325 e. The first-order valence-electron chi connectivity index (χ1n) is 9.96. The number of amides is 3. The van der Waals surface area contributed by atoms with Crippen molar-refractivity contribution in [2.24, 2.45) is 0 Å². The van der Waals surface area contributed by atoms with Gasteiger partial charge in [0.25, 0.3) is 17.7 Å². The van der Waals surface area contributed by atoms with Gasteiger partial charge in [-0.15, -0.1) is 11.3 Å². The van der Waals surface area contributed by atoms with Crippen LogP contribution in [0.15, 0.2) is 35.7 Å². The topological polar surface area (TPSA) is 96.0 Å². The zero-order chi connectivity index (χ0) is 22.4. The Labute approximate surface area is 184 Å². The second-order valence-corrected chi connectivity index (χ2v) is 8.32. The fourth-order valence-corrected chi connectivity index (χ4v) is 4.05. The van der Waals surface area contributed by atoms with Crippen LogP contribution in [-0.2, 0) is 14.3 Å². The third-order valence-electron chi connectivity index (χ3n) is 4.89. The second-order valence-electron chi connectivity index (χ2n) is 7.37. The van der Waals surface area contributed by atoms with E-state index < -0.39 is 12.6 Å². The number of ether oxygens (including phenoxy) is 1. The average molecular weight is 444 g/mol. The van der Waals surface area contributed by atoms with Gasteiger partial charge in [0, 0.05) is 31.7 Å². The Morgan fingerprint density at radius 3 is 2.26 bits per heavy atom. The standard InChI is InChI=1S/C22H25N3O5S/c1-15-10-16(2)12-17(11-15)21(28)23-13-20(27)30-14-19(26)24-5-7-25(8-6-24)22(29)18-4-3-9-31-18/h3-4,9-12H,5-8,13-14H2,1-2H3,(H,23,28). The Hall–Kier alpha value is -3.20. The minimum atomic E-state index is -0.683. The molecule has 1 fully saturated rings. The van der Waals surface area contributed by atoms with E-state index in [0.717, 1.165) is 11.1 Å². The molecule has 1 saturated heterocycles. The first kappa shape index (κ1) is 22.5. The number of hydrogen-bond donors (Lipinski definition) is 1. The molecule has 0 aliphatic carbocycles. The maximum Gasteiger partial charge on any atom is 0.325 e. The third-order valence-corrected chi connectivity index (χ3v) is 5.74. The van der Waals surface area contributed by atoms with E-state index >= 15 is 0 Å². The molecule has 2 heterocycles. The highest BCUT2D eigenvalue weighted by Gasteiger charge is 2.25. The molecule has 0 bridgehead atoms. The lowest BCUT2D eigenvalue weighted by Gasteiger charge is -2.34. The van der Waals surface area contributed by atoms with E-state index in [1.54, 1.807) is 28.0 Å². The van der Waals surface area contributed by atoms with Crippen LogP contribution in [0.5, 0.6) is 0 Å². The van der Waals surface area contributed by atoms with Crippen LogP contribution in [0.25, 0.3) is 0 Å². The van der Waals surface area contributed by atoms with Crippen LogP contribution in [0, 0.1) is 13.8 Å². The van der Waals surface area contributed by atoms with Gasteiger partial charge in [0.1, 0.15) is 6.54 Å². The number of rotatable bonds is 6. The number of nitrogens with one attached hydrogen (secondary N) is 1. The van der Waals surface area contributed by atoms with Crippen LogP contribution in [0.2, 0.25) is 0 Å². The predicted octanol–water partition coefficient (Wildman–Crippen LogP) is 1.62. The summed E-state index contributed by atoms with van der Waals surface area (Å²) in [7, 11) is 0. The summed E-state index contributed by atoms with van der Waals surface area (Å²) in [5.74, 6) is -1.41. The van der Waals surface area contributed by atoms with Gasteiger partial charge in [0.2, 0.25) is 0 Å². The maximum absolute atomic E-state index is 12.3. The van der Waals surface area contributed by atoms with Crippen molar-refractivity contribution in [3.05, 3.63) is 57.3 Å². The molecule has 0 radical (unpaired) electrons. The van der Waals surface area contributed by atoms with E-state index in [4.69, 9.17) is 4.74 Å². The fraction of sp³-hybridized carbons (Fsp3) is 0.364. The van der Waals surface area contributed by atoms with E-state index in [0.29, 0.717) is 36.6 Å². The molecule has 1 aromatic carbocycles. The molecular formula is C22H25N3O5S. The Kier molecular flexibility index (Phi) is 7.41. The van der Waals surface area contributed by atoms with Crippen molar-refractivity contribution < 1.29 is 23.9 Å². The lowest BCUT2D eigenvalue weighted by Crippen LogP contribution is -2.51. The van der Waals surface area contributed by atoms with E-state index in [-0.39, 0.29) is 24.3 Å². The van der Waals surface area contributed by atoms with Gasteiger partial charge in [0.05, 0.1) is 4.88 Å². The highest BCUT2D eigenvalue weighted by Crippen LogP contribution is 2.14. The van der Waals surface area contributed by atoms with Crippen molar-refractivity contribution in [2.45, 2.75) is 13.8 Å². The molecule has 0 saturated carbocycles. The van der Waals surface area contributed by atoms with E-state index in [1.807, 2.05) is 31.4 Å². The molecule has 2 aromatic rings. The molecule has 3 rings (SSSR count). The molecule has 1 aliphatic heterocycles. The van der Waals surface area contributed by atoms with E-state index in [2.05, 4.69) is 5.32 Å². The van der Waals surface area contributed by atoms with Crippen molar-refractivity contribution in [1.82, 2.24) is 15.1 Å². The summed E-state index contributed by atoms with van der Waals surface area (Å²) in [5.41, 5.74) is 2.38. The molecule has 3 amide bonds. The van der Waals surface area contributed by atoms with Crippen molar-refractivity contribution in [3.8, 4) is 0 Å². The zero-order valence-electron chi connectivity index (χ0n) is 17.6. The Morgan fingerprint density at radius 2 is 1.65 bits per heavy atom. The third kappa shape index (κ3) is 6.14. The molecule has 1 N–H and O–H groups in total. The van der Waals surface area contributed by atoms with Crippen LogP contribution in [-0.4, -0.2) is 72.8 Å². The zero-order valence-corrected chi connectivity index (χ0v) is 18.4. The first-order chi connectivity index (χ1) is 14.8. The number of carbonyl (C=O) groups excluding carboxylic acids is 4. The maximum atomic E-state index is 12.3. The molecule has 1 aliphatic rings. The van der Waals surface area contributed by atoms with Crippen LogP contribution < -0.4 is 5.32 Å². The summed E-state index contributed by atoms with van der Waals surface area (Å²) in [6.07, 6.45) is 0. The normalized spacial score (nSPS) is 13.6. The lowest BCUT2D eigenvalue weighted by atomic mass is 10.1. The van der Waals surface area contributed by atoms with Gasteiger partial charge in [-0.1, -0.05) is 23.3 Å². The van der Waals surface area contributed by atoms with Crippen LogP contribution in [0.4, 0.5) is 0 Å². The van der Waals surface area contributed by atoms with Gasteiger partial charge < -0.3 is 19.9 Å². The SMILES string of the molecule is Cc1cc(C)cc(C(=O)NCC(=O)OCC(=O)N2CCN(C(=O)c3cccs3)CC2)c1. The molecule has 0 spiro atoms. The quantitative estimate of drug-likeness (QED) is 0.685. The summed E-state index contributed by atoms with van der Waals surface area (Å²) in [6, 6.07) is 9.04. The molecule has 164 valence electrons. The molecule has 0 atom stereocenters. The van der Waals surface area contributed by atoms with Crippen LogP contribution in [0.3, 0.4) is 0 Å². The Balaban J connectivity index is 1.38. The van der Waals surface area contributed by atoms with Gasteiger partial charge in [-0.2, -0.15) is 0 Å². The molecule has 1 aromatic heterocycles. The first-order valence-corrected chi connectivity index (χ1v) is 10.8.